The smallest absolute Gasteiger partial charge is 0.135 e. The van der Waals surface area contributed by atoms with Gasteiger partial charge in [0.05, 0.1) is 21.7 Å². The van der Waals surface area contributed by atoms with Gasteiger partial charge in [-0.25, -0.2) is 0 Å². The topological polar surface area (TPSA) is 41.5 Å². The molecule has 2 N–H and O–H groups in total. The molecule has 0 aliphatic carbocycles. The average molecular weight is 466 g/mol. The van der Waals surface area contributed by atoms with E-state index in [0.29, 0.717) is 11.0 Å². The SMILES string of the molecule is COc1cc(NCc2ccc(O)c(Br)c2)c(Br)cc1Br. The normalized spacial score (nSPS) is 10.4. The van der Waals surface area contributed by atoms with Crippen LogP contribution in [0.2, 0.25) is 0 Å². The summed E-state index contributed by atoms with van der Waals surface area (Å²) in [5.74, 6) is 1.00. The van der Waals surface area contributed by atoms with E-state index < -0.39 is 0 Å². The highest BCUT2D eigenvalue weighted by Crippen LogP contribution is 2.35. The number of aromatic hydroxyl groups is 1. The van der Waals surface area contributed by atoms with Crippen LogP contribution in [0.3, 0.4) is 0 Å². The molecule has 3 nitrogen and oxygen atoms in total. The van der Waals surface area contributed by atoms with Gasteiger partial charge in [0.2, 0.25) is 0 Å². The van der Waals surface area contributed by atoms with Crippen LogP contribution in [-0.4, -0.2) is 12.2 Å². The van der Waals surface area contributed by atoms with Crippen molar-refractivity contribution in [2.24, 2.45) is 0 Å². The molecule has 0 amide bonds. The Morgan fingerprint density at radius 2 is 1.80 bits per heavy atom. The molecule has 0 bridgehead atoms. The van der Waals surface area contributed by atoms with Crippen LogP contribution in [0.25, 0.3) is 0 Å². The van der Waals surface area contributed by atoms with E-state index in [9.17, 15) is 5.11 Å². The Kier molecular flexibility index (Phi) is 5.35. The summed E-state index contributed by atoms with van der Waals surface area (Å²) in [6.07, 6.45) is 0. The molecule has 106 valence electrons. The maximum absolute atomic E-state index is 9.48. The van der Waals surface area contributed by atoms with Gasteiger partial charge in [-0.15, -0.1) is 0 Å². The van der Waals surface area contributed by atoms with E-state index in [2.05, 4.69) is 53.1 Å². The van der Waals surface area contributed by atoms with Gasteiger partial charge in [0.1, 0.15) is 11.5 Å². The largest absolute Gasteiger partial charge is 0.507 e. The predicted octanol–water partition coefficient (Wildman–Crippen LogP) is 5.30. The standard InChI is InChI=1S/C14H12Br3NO2/c1-20-14-6-12(9(15)5-11(14)17)18-7-8-2-3-13(19)10(16)4-8/h2-6,18-19H,7H2,1H3. The zero-order valence-corrected chi connectivity index (χ0v) is 15.3. The highest BCUT2D eigenvalue weighted by molar-refractivity contribution is 9.11. The molecular weight excluding hydrogens is 454 g/mol. The first-order valence-corrected chi connectivity index (χ1v) is 8.13. The van der Waals surface area contributed by atoms with Crippen molar-refractivity contribution in [1.82, 2.24) is 0 Å². The second-order valence-corrected chi connectivity index (χ2v) is 6.67. The number of methoxy groups -OCH3 is 1. The number of nitrogens with one attached hydrogen (secondary N) is 1. The molecule has 2 aromatic carbocycles. The van der Waals surface area contributed by atoms with Gasteiger partial charge in [-0.1, -0.05) is 6.07 Å². The Balaban J connectivity index is 2.16. The number of phenolic OH excluding ortho intramolecular Hbond substituents is 1. The number of halogens is 3. The summed E-state index contributed by atoms with van der Waals surface area (Å²) < 4.78 is 7.80. The van der Waals surface area contributed by atoms with Crippen LogP contribution in [-0.2, 0) is 6.54 Å². The van der Waals surface area contributed by atoms with Gasteiger partial charge in [-0.3, -0.25) is 0 Å². The molecule has 0 aromatic heterocycles. The molecule has 2 rings (SSSR count). The van der Waals surface area contributed by atoms with E-state index in [1.54, 1.807) is 13.2 Å². The first-order valence-electron chi connectivity index (χ1n) is 5.75. The average Bonchev–Trinajstić information content (AvgIpc) is 2.41. The van der Waals surface area contributed by atoms with E-state index in [-0.39, 0.29) is 5.75 Å². The molecule has 20 heavy (non-hydrogen) atoms. The molecule has 0 fully saturated rings. The Bertz CT molecular complexity index is 632. The van der Waals surface area contributed by atoms with Crippen molar-refractivity contribution in [3.05, 3.63) is 49.3 Å². The van der Waals surface area contributed by atoms with E-state index in [1.165, 1.54) is 0 Å². The second kappa shape index (κ2) is 6.83. The quantitative estimate of drug-likeness (QED) is 0.643. The lowest BCUT2D eigenvalue weighted by Gasteiger charge is -2.12. The van der Waals surface area contributed by atoms with Crippen molar-refractivity contribution in [2.45, 2.75) is 6.54 Å². The zero-order valence-electron chi connectivity index (χ0n) is 10.6. The van der Waals surface area contributed by atoms with E-state index in [0.717, 1.165) is 25.9 Å². The summed E-state index contributed by atoms with van der Waals surface area (Å²) in [7, 11) is 1.63. The minimum atomic E-state index is 0.236. The first kappa shape index (κ1) is 15.7. The Labute approximate surface area is 142 Å². The van der Waals surface area contributed by atoms with Crippen LogP contribution >= 0.6 is 47.8 Å². The minimum absolute atomic E-state index is 0.236. The van der Waals surface area contributed by atoms with Gasteiger partial charge in [0.15, 0.2) is 0 Å². The lowest BCUT2D eigenvalue weighted by Crippen LogP contribution is -2.00. The van der Waals surface area contributed by atoms with Gasteiger partial charge >= 0.3 is 0 Å². The van der Waals surface area contributed by atoms with Gasteiger partial charge in [0, 0.05) is 17.1 Å². The van der Waals surface area contributed by atoms with Gasteiger partial charge in [0.25, 0.3) is 0 Å². The zero-order chi connectivity index (χ0) is 14.7. The molecule has 0 aliphatic heterocycles. The second-order valence-electron chi connectivity index (χ2n) is 4.11. The molecule has 0 saturated carbocycles. The summed E-state index contributed by atoms with van der Waals surface area (Å²) in [6, 6.07) is 9.28. The Hall–Kier alpha value is -0.720. The maximum Gasteiger partial charge on any atom is 0.135 e. The number of hydrogen-bond donors (Lipinski definition) is 2. The Morgan fingerprint density at radius 1 is 1.05 bits per heavy atom. The van der Waals surface area contributed by atoms with Crippen LogP contribution < -0.4 is 10.1 Å². The number of benzene rings is 2. The van der Waals surface area contributed by atoms with Crippen molar-refractivity contribution < 1.29 is 9.84 Å². The molecule has 0 spiro atoms. The monoisotopic (exact) mass is 463 g/mol. The summed E-state index contributed by atoms with van der Waals surface area (Å²) in [5.41, 5.74) is 2.00. The fourth-order valence-electron chi connectivity index (χ4n) is 1.68. The molecule has 0 radical (unpaired) electrons. The molecule has 0 unspecified atom stereocenters. The van der Waals surface area contributed by atoms with Crippen LogP contribution in [0, 0.1) is 0 Å². The number of ether oxygens (including phenoxy) is 1. The maximum atomic E-state index is 9.48. The third-order valence-corrected chi connectivity index (χ3v) is 4.65. The molecule has 0 atom stereocenters. The summed E-state index contributed by atoms with van der Waals surface area (Å²) in [4.78, 5) is 0. The third-order valence-electron chi connectivity index (χ3n) is 2.74. The van der Waals surface area contributed by atoms with Crippen LogP contribution in [0.5, 0.6) is 11.5 Å². The van der Waals surface area contributed by atoms with Crippen molar-refractivity contribution in [1.29, 1.82) is 0 Å². The van der Waals surface area contributed by atoms with E-state index in [1.807, 2.05) is 24.3 Å². The van der Waals surface area contributed by atoms with Gasteiger partial charge < -0.3 is 15.2 Å². The summed E-state index contributed by atoms with van der Waals surface area (Å²) in [6.45, 7) is 0.641. The van der Waals surface area contributed by atoms with E-state index >= 15 is 0 Å². The number of hydrogen-bond acceptors (Lipinski definition) is 3. The lowest BCUT2D eigenvalue weighted by molar-refractivity contribution is 0.412. The Morgan fingerprint density at radius 3 is 2.45 bits per heavy atom. The molecular formula is C14H12Br3NO2. The predicted molar refractivity (Wildman–Crippen MR) is 91.5 cm³/mol. The summed E-state index contributed by atoms with van der Waals surface area (Å²) >= 11 is 10.3. The molecule has 0 aliphatic rings. The van der Waals surface area contributed by atoms with Crippen molar-refractivity contribution in [2.75, 3.05) is 12.4 Å². The fraction of sp³-hybridized carbons (Fsp3) is 0.143. The van der Waals surface area contributed by atoms with Gasteiger partial charge in [-0.2, -0.15) is 0 Å². The number of phenols is 1. The van der Waals surface area contributed by atoms with Crippen molar-refractivity contribution in [3.63, 3.8) is 0 Å². The van der Waals surface area contributed by atoms with Crippen LogP contribution in [0.15, 0.2) is 43.7 Å². The molecule has 0 saturated heterocycles. The summed E-state index contributed by atoms with van der Waals surface area (Å²) in [5, 5.41) is 12.8. The van der Waals surface area contributed by atoms with Crippen molar-refractivity contribution >= 4 is 53.5 Å². The molecule has 0 heterocycles. The minimum Gasteiger partial charge on any atom is -0.507 e. The van der Waals surface area contributed by atoms with Gasteiger partial charge in [-0.05, 0) is 71.6 Å². The molecule has 2 aromatic rings. The third kappa shape index (κ3) is 3.68. The van der Waals surface area contributed by atoms with Crippen LogP contribution in [0.1, 0.15) is 5.56 Å². The highest BCUT2D eigenvalue weighted by Gasteiger charge is 2.07. The van der Waals surface area contributed by atoms with Crippen molar-refractivity contribution in [3.8, 4) is 11.5 Å². The first-order chi connectivity index (χ1) is 9.51. The highest BCUT2D eigenvalue weighted by atomic mass is 79.9. The van der Waals surface area contributed by atoms with E-state index in [4.69, 9.17) is 4.74 Å². The van der Waals surface area contributed by atoms with Crippen LogP contribution in [0.4, 0.5) is 5.69 Å². The molecule has 6 heteroatoms. The number of rotatable bonds is 4. The fourth-order valence-corrected chi connectivity index (χ4v) is 3.40. The lowest BCUT2D eigenvalue weighted by atomic mass is 10.2. The number of anilines is 1.